The summed E-state index contributed by atoms with van der Waals surface area (Å²) in [5, 5.41) is 12.4. The van der Waals surface area contributed by atoms with Gasteiger partial charge in [-0.3, -0.25) is 4.79 Å². The van der Waals surface area contributed by atoms with E-state index in [9.17, 15) is 4.79 Å². The molecule has 3 aromatic rings. The first-order chi connectivity index (χ1) is 14.5. The van der Waals surface area contributed by atoms with E-state index in [-0.39, 0.29) is 18.6 Å². The lowest BCUT2D eigenvalue weighted by molar-refractivity contribution is -0.132. The van der Waals surface area contributed by atoms with Crippen molar-refractivity contribution in [1.82, 2.24) is 25.1 Å². The van der Waals surface area contributed by atoms with E-state index in [2.05, 4.69) is 41.4 Å². The molecule has 0 N–H and O–H groups in total. The van der Waals surface area contributed by atoms with E-state index in [1.54, 1.807) is 11.9 Å². The molecule has 2 heterocycles. The number of fused-ring (bicyclic) bond motifs is 1. The lowest BCUT2D eigenvalue weighted by atomic mass is 10.0. The molecule has 8 nitrogen and oxygen atoms in total. The highest BCUT2D eigenvalue weighted by Crippen LogP contribution is 2.31. The standard InChI is InChI=1S/C22H25N5O3/c1-15(2)16-8-10-17(11-9-16)22-23-25-27(24-22)13-21(28)26(3)12-18-14-29-19-6-4-5-7-20(19)30-18/h4-11,15,18H,12-14H2,1-3H3/t18-/m1/s1. The van der Waals surface area contributed by atoms with Crippen LogP contribution in [-0.4, -0.2) is 57.3 Å². The van der Waals surface area contributed by atoms with Gasteiger partial charge in [0, 0.05) is 12.6 Å². The number of tetrazole rings is 1. The van der Waals surface area contributed by atoms with Crippen molar-refractivity contribution in [3.63, 3.8) is 0 Å². The summed E-state index contributed by atoms with van der Waals surface area (Å²) in [5.74, 6) is 2.25. The fourth-order valence-corrected chi connectivity index (χ4v) is 3.24. The van der Waals surface area contributed by atoms with Crippen molar-refractivity contribution in [2.45, 2.75) is 32.4 Å². The summed E-state index contributed by atoms with van der Waals surface area (Å²) in [6.07, 6.45) is -0.229. The van der Waals surface area contributed by atoms with Gasteiger partial charge in [0.05, 0.1) is 6.54 Å². The number of benzene rings is 2. The number of para-hydroxylation sites is 2. The number of nitrogens with zero attached hydrogens (tertiary/aromatic N) is 5. The SMILES string of the molecule is CC(C)c1ccc(-c2nnn(CC(=O)N(C)C[C@@H]3COc4ccccc4O3)n2)cc1. The van der Waals surface area contributed by atoms with Crippen LogP contribution in [0.15, 0.2) is 48.5 Å². The zero-order chi connectivity index (χ0) is 21.1. The van der Waals surface area contributed by atoms with Crippen LogP contribution in [0.5, 0.6) is 11.5 Å². The van der Waals surface area contributed by atoms with E-state index < -0.39 is 0 Å². The largest absolute Gasteiger partial charge is 0.486 e. The van der Waals surface area contributed by atoms with E-state index >= 15 is 0 Å². The van der Waals surface area contributed by atoms with Crippen LogP contribution in [0.4, 0.5) is 0 Å². The lowest BCUT2D eigenvalue weighted by Gasteiger charge is -2.29. The van der Waals surface area contributed by atoms with Gasteiger partial charge in [0.1, 0.15) is 13.2 Å². The molecule has 4 rings (SSSR count). The summed E-state index contributed by atoms with van der Waals surface area (Å²) in [4.78, 5) is 15.5. The number of carbonyl (C=O) groups is 1. The highest BCUT2D eigenvalue weighted by atomic mass is 16.6. The van der Waals surface area contributed by atoms with E-state index in [0.29, 0.717) is 30.6 Å². The molecule has 8 heteroatoms. The van der Waals surface area contributed by atoms with Crippen molar-refractivity contribution >= 4 is 5.91 Å². The van der Waals surface area contributed by atoms with Crippen LogP contribution in [0.3, 0.4) is 0 Å². The Kier molecular flexibility index (Phi) is 5.65. The maximum atomic E-state index is 12.6. The number of hydrogen-bond donors (Lipinski definition) is 0. The summed E-state index contributed by atoms with van der Waals surface area (Å²) in [7, 11) is 1.73. The van der Waals surface area contributed by atoms with Crippen molar-refractivity contribution in [3.8, 4) is 22.9 Å². The average Bonchev–Trinajstić information content (AvgIpc) is 3.22. The van der Waals surface area contributed by atoms with E-state index in [4.69, 9.17) is 9.47 Å². The molecule has 2 aromatic carbocycles. The Morgan fingerprint density at radius 3 is 2.63 bits per heavy atom. The predicted molar refractivity (Wildman–Crippen MR) is 111 cm³/mol. The molecule has 0 saturated carbocycles. The van der Waals surface area contributed by atoms with Crippen LogP contribution in [0, 0.1) is 0 Å². The van der Waals surface area contributed by atoms with Gasteiger partial charge >= 0.3 is 0 Å². The Balaban J connectivity index is 1.34. The van der Waals surface area contributed by atoms with Crippen LogP contribution in [0.2, 0.25) is 0 Å². The minimum atomic E-state index is -0.229. The second-order valence-corrected chi connectivity index (χ2v) is 7.69. The molecular weight excluding hydrogens is 382 g/mol. The zero-order valence-corrected chi connectivity index (χ0v) is 17.4. The Labute approximate surface area is 175 Å². The summed E-state index contributed by atoms with van der Waals surface area (Å²) < 4.78 is 11.6. The maximum Gasteiger partial charge on any atom is 0.246 e. The molecule has 30 heavy (non-hydrogen) atoms. The van der Waals surface area contributed by atoms with Crippen LogP contribution >= 0.6 is 0 Å². The molecule has 0 aliphatic carbocycles. The second kappa shape index (κ2) is 8.52. The quantitative estimate of drug-likeness (QED) is 0.625. The third kappa shape index (κ3) is 4.42. The molecule has 0 radical (unpaired) electrons. The third-order valence-electron chi connectivity index (χ3n) is 5.04. The van der Waals surface area contributed by atoms with Crippen molar-refractivity contribution in [1.29, 1.82) is 0 Å². The van der Waals surface area contributed by atoms with E-state index in [1.165, 1.54) is 10.4 Å². The molecule has 1 aliphatic heterocycles. The molecule has 1 aliphatic rings. The molecule has 1 amide bonds. The number of carbonyl (C=O) groups excluding carboxylic acids is 1. The van der Waals surface area contributed by atoms with Crippen LogP contribution < -0.4 is 9.47 Å². The highest BCUT2D eigenvalue weighted by molar-refractivity contribution is 5.75. The number of likely N-dealkylation sites (N-methyl/N-ethyl adjacent to an activating group) is 1. The molecule has 0 spiro atoms. The molecule has 1 atom stereocenters. The lowest BCUT2D eigenvalue weighted by Crippen LogP contribution is -2.43. The average molecular weight is 407 g/mol. The Morgan fingerprint density at radius 1 is 1.17 bits per heavy atom. The first-order valence-electron chi connectivity index (χ1n) is 10.00. The van der Waals surface area contributed by atoms with Gasteiger partial charge in [-0.1, -0.05) is 50.2 Å². The van der Waals surface area contributed by atoms with Crippen molar-refractivity contribution in [2.75, 3.05) is 20.2 Å². The van der Waals surface area contributed by atoms with Crippen LogP contribution in [0.1, 0.15) is 25.3 Å². The molecule has 0 saturated heterocycles. The Bertz CT molecular complexity index is 1020. The van der Waals surface area contributed by atoms with Crippen molar-refractivity contribution in [2.24, 2.45) is 0 Å². The van der Waals surface area contributed by atoms with Gasteiger partial charge in [0.2, 0.25) is 11.7 Å². The number of hydrogen-bond acceptors (Lipinski definition) is 6. The van der Waals surface area contributed by atoms with Gasteiger partial charge in [0.25, 0.3) is 0 Å². The van der Waals surface area contributed by atoms with E-state index in [1.807, 2.05) is 36.4 Å². The van der Waals surface area contributed by atoms with Gasteiger partial charge in [-0.15, -0.1) is 10.2 Å². The molecule has 0 unspecified atom stereocenters. The van der Waals surface area contributed by atoms with Gasteiger partial charge < -0.3 is 14.4 Å². The molecule has 1 aromatic heterocycles. The zero-order valence-electron chi connectivity index (χ0n) is 17.4. The first-order valence-corrected chi connectivity index (χ1v) is 10.00. The summed E-state index contributed by atoms with van der Waals surface area (Å²) in [6.45, 7) is 5.11. The summed E-state index contributed by atoms with van der Waals surface area (Å²) in [5.41, 5.74) is 2.12. The van der Waals surface area contributed by atoms with Crippen molar-refractivity contribution < 1.29 is 14.3 Å². The summed E-state index contributed by atoms with van der Waals surface area (Å²) >= 11 is 0. The molecule has 0 fully saturated rings. The number of rotatable bonds is 6. The van der Waals surface area contributed by atoms with Crippen LogP contribution in [-0.2, 0) is 11.3 Å². The highest BCUT2D eigenvalue weighted by Gasteiger charge is 2.24. The molecular formula is C22H25N5O3. The topological polar surface area (TPSA) is 82.4 Å². The van der Waals surface area contributed by atoms with Gasteiger partial charge in [-0.25, -0.2) is 0 Å². The predicted octanol–water partition coefficient (Wildman–Crippen LogP) is 2.76. The van der Waals surface area contributed by atoms with Gasteiger partial charge in [-0.2, -0.15) is 4.80 Å². The molecule has 156 valence electrons. The Hall–Kier alpha value is -3.42. The molecule has 0 bridgehead atoms. The smallest absolute Gasteiger partial charge is 0.246 e. The number of amides is 1. The van der Waals surface area contributed by atoms with Crippen molar-refractivity contribution in [3.05, 3.63) is 54.1 Å². The number of aromatic nitrogens is 4. The minimum absolute atomic E-state index is 0.0116. The summed E-state index contributed by atoms with van der Waals surface area (Å²) in [6, 6.07) is 15.6. The minimum Gasteiger partial charge on any atom is -0.486 e. The van der Waals surface area contributed by atoms with Gasteiger partial charge in [-0.05, 0) is 28.8 Å². The second-order valence-electron chi connectivity index (χ2n) is 7.69. The number of ether oxygens (including phenoxy) is 2. The van der Waals surface area contributed by atoms with Gasteiger partial charge in [0.15, 0.2) is 17.6 Å². The third-order valence-corrected chi connectivity index (χ3v) is 5.04. The Morgan fingerprint density at radius 2 is 1.90 bits per heavy atom. The van der Waals surface area contributed by atoms with E-state index in [0.717, 1.165) is 11.3 Å². The fourth-order valence-electron chi connectivity index (χ4n) is 3.24. The van der Waals surface area contributed by atoms with Crippen LogP contribution in [0.25, 0.3) is 11.4 Å². The normalized spacial score (nSPS) is 15.3. The monoisotopic (exact) mass is 407 g/mol. The maximum absolute atomic E-state index is 12.6. The first kappa shape index (κ1) is 19.9. The fraction of sp³-hybridized carbons (Fsp3) is 0.364.